The summed E-state index contributed by atoms with van der Waals surface area (Å²) in [6.45, 7) is 0.755. The lowest BCUT2D eigenvalue weighted by Gasteiger charge is -2.22. The van der Waals surface area contributed by atoms with E-state index in [1.165, 1.54) is 18.7 Å². The number of hydrogen-bond donors (Lipinski definition) is 3. The van der Waals surface area contributed by atoms with Crippen LogP contribution in [0.15, 0.2) is 54.0 Å². The number of para-hydroxylation sites is 1. The van der Waals surface area contributed by atoms with Crippen LogP contribution in [0.1, 0.15) is 27.7 Å². The SMILES string of the molecule is COC(=O)c1csc(OC(=O)C(Cc2cn(C(=O)O)c3ccccc23)NC(=O)C(N)c2ccc3c(c2)OCCO3)n1. The molecular weight excluding hydrogens is 556 g/mol. The summed E-state index contributed by atoms with van der Waals surface area (Å²) in [6.07, 6.45) is 0.0299. The van der Waals surface area contributed by atoms with Crippen molar-refractivity contribution in [1.82, 2.24) is 14.9 Å². The highest BCUT2D eigenvalue weighted by atomic mass is 32.1. The van der Waals surface area contributed by atoms with Gasteiger partial charge in [0.25, 0.3) is 5.19 Å². The zero-order chi connectivity index (χ0) is 29.1. The normalized spacial score (nSPS) is 13.7. The fraction of sp³-hybridized carbons (Fsp3) is 0.222. The minimum atomic E-state index is -1.30. The Balaban J connectivity index is 1.42. The first-order valence-electron chi connectivity index (χ1n) is 12.3. The third kappa shape index (κ3) is 5.83. The van der Waals surface area contributed by atoms with Crippen LogP contribution in [-0.4, -0.2) is 65.0 Å². The molecule has 2 aromatic heterocycles. The molecule has 1 aliphatic rings. The third-order valence-electron chi connectivity index (χ3n) is 6.30. The van der Waals surface area contributed by atoms with Crippen molar-refractivity contribution in [2.45, 2.75) is 18.5 Å². The smallest absolute Gasteiger partial charge is 0.416 e. The molecular formula is C27H24N4O9S. The number of rotatable bonds is 8. The maximum atomic E-state index is 13.3. The van der Waals surface area contributed by atoms with E-state index in [0.717, 1.165) is 15.9 Å². The van der Waals surface area contributed by atoms with Crippen molar-refractivity contribution in [3.8, 4) is 16.7 Å². The van der Waals surface area contributed by atoms with E-state index in [1.807, 2.05) is 0 Å². The molecule has 14 heteroatoms. The zero-order valence-corrected chi connectivity index (χ0v) is 22.4. The average molecular weight is 581 g/mol. The Morgan fingerprint density at radius 2 is 1.90 bits per heavy atom. The summed E-state index contributed by atoms with van der Waals surface area (Å²) in [5.41, 5.74) is 7.49. The molecule has 0 saturated heterocycles. The number of amides is 1. The van der Waals surface area contributed by atoms with Gasteiger partial charge in [-0.1, -0.05) is 35.6 Å². The number of thiazole rings is 1. The first-order chi connectivity index (χ1) is 19.7. The van der Waals surface area contributed by atoms with Crippen molar-refractivity contribution in [2.75, 3.05) is 20.3 Å². The number of hydrogen-bond acceptors (Lipinski definition) is 11. The number of benzene rings is 2. The van der Waals surface area contributed by atoms with Crippen molar-refractivity contribution >= 4 is 46.2 Å². The minimum Gasteiger partial charge on any atom is -0.486 e. The second-order valence-corrected chi connectivity index (χ2v) is 9.70. The molecule has 13 nitrogen and oxygen atoms in total. The molecule has 0 saturated carbocycles. The molecule has 1 aliphatic heterocycles. The van der Waals surface area contributed by atoms with Crippen LogP contribution in [0, 0.1) is 0 Å². The van der Waals surface area contributed by atoms with Crippen LogP contribution in [0.3, 0.4) is 0 Å². The lowest BCUT2D eigenvalue weighted by atomic mass is 10.0. The molecule has 2 aromatic carbocycles. The fourth-order valence-corrected chi connectivity index (χ4v) is 4.95. The van der Waals surface area contributed by atoms with Gasteiger partial charge >= 0.3 is 18.0 Å². The van der Waals surface area contributed by atoms with Crippen LogP contribution >= 0.6 is 11.3 Å². The quantitative estimate of drug-likeness (QED) is 0.261. The van der Waals surface area contributed by atoms with Crippen molar-refractivity contribution in [3.05, 3.63) is 70.9 Å². The number of fused-ring (bicyclic) bond motifs is 2. The molecule has 2 unspecified atom stereocenters. The van der Waals surface area contributed by atoms with E-state index in [0.29, 0.717) is 46.7 Å². The zero-order valence-electron chi connectivity index (χ0n) is 21.6. The lowest BCUT2D eigenvalue weighted by molar-refractivity contribution is -0.139. The number of carbonyl (C=O) groups is 4. The van der Waals surface area contributed by atoms with Gasteiger partial charge in [-0.05, 0) is 29.3 Å². The van der Waals surface area contributed by atoms with Gasteiger partial charge in [-0.2, -0.15) is 4.98 Å². The average Bonchev–Trinajstić information content (AvgIpc) is 3.60. The van der Waals surface area contributed by atoms with E-state index in [4.69, 9.17) is 19.9 Å². The van der Waals surface area contributed by atoms with E-state index in [1.54, 1.807) is 42.5 Å². The fourth-order valence-electron chi connectivity index (χ4n) is 4.31. The van der Waals surface area contributed by atoms with Crippen LogP contribution < -0.4 is 25.3 Å². The molecule has 5 rings (SSSR count). The predicted octanol–water partition coefficient (Wildman–Crippen LogP) is 2.51. The maximum Gasteiger partial charge on any atom is 0.416 e. The highest BCUT2D eigenvalue weighted by Crippen LogP contribution is 2.32. The van der Waals surface area contributed by atoms with Crippen molar-refractivity contribution in [2.24, 2.45) is 5.73 Å². The number of ether oxygens (including phenoxy) is 4. The van der Waals surface area contributed by atoms with Gasteiger partial charge < -0.3 is 35.1 Å². The molecule has 0 bridgehead atoms. The summed E-state index contributed by atoms with van der Waals surface area (Å²) in [5.74, 6) is -1.33. The molecule has 4 N–H and O–H groups in total. The number of carboxylic acid groups (broad SMARTS) is 1. The Morgan fingerprint density at radius 3 is 2.66 bits per heavy atom. The van der Waals surface area contributed by atoms with Crippen LogP contribution in [-0.2, 0) is 20.7 Å². The Morgan fingerprint density at radius 1 is 1.15 bits per heavy atom. The standard InChI is InChI=1S/C27H24N4O9S/c1-37-24(33)18-13-41-26(30-18)40-25(34)17(10-15-12-31(27(35)36)19-5-3-2-4-16(15)19)29-23(32)22(28)14-6-7-20-21(11-14)39-9-8-38-20/h2-7,11-13,17,22H,8-10,28H2,1H3,(H,29,32)(H,35,36). The molecule has 41 heavy (non-hydrogen) atoms. The second-order valence-electron chi connectivity index (χ2n) is 8.88. The number of aromatic nitrogens is 2. The summed E-state index contributed by atoms with van der Waals surface area (Å²) >= 11 is 0.891. The summed E-state index contributed by atoms with van der Waals surface area (Å²) < 4.78 is 22.1. The van der Waals surface area contributed by atoms with Gasteiger partial charge in [0.15, 0.2) is 17.2 Å². The molecule has 3 heterocycles. The number of nitrogens with two attached hydrogens (primary N) is 1. The summed E-state index contributed by atoms with van der Waals surface area (Å²) in [5, 5.41) is 14.1. The monoisotopic (exact) mass is 580 g/mol. The summed E-state index contributed by atoms with van der Waals surface area (Å²) in [4.78, 5) is 54.2. The highest BCUT2D eigenvalue weighted by Gasteiger charge is 2.30. The molecule has 0 spiro atoms. The minimum absolute atomic E-state index is 0.0500. The van der Waals surface area contributed by atoms with Gasteiger partial charge in [-0.3, -0.25) is 9.36 Å². The number of esters is 2. The predicted molar refractivity (Wildman–Crippen MR) is 144 cm³/mol. The van der Waals surface area contributed by atoms with Gasteiger partial charge in [0, 0.05) is 23.4 Å². The van der Waals surface area contributed by atoms with Gasteiger partial charge in [0.2, 0.25) is 5.91 Å². The molecule has 0 aliphatic carbocycles. The van der Waals surface area contributed by atoms with Crippen LogP contribution in [0.2, 0.25) is 0 Å². The molecule has 1 amide bonds. The Labute approximate surface area is 236 Å². The van der Waals surface area contributed by atoms with Gasteiger partial charge in [-0.25, -0.2) is 14.4 Å². The summed E-state index contributed by atoms with van der Waals surface area (Å²) in [7, 11) is 1.19. The van der Waals surface area contributed by atoms with Gasteiger partial charge in [0.1, 0.15) is 25.3 Å². The number of nitrogens with one attached hydrogen (secondary N) is 1. The first-order valence-corrected chi connectivity index (χ1v) is 13.2. The number of methoxy groups -OCH3 is 1. The van der Waals surface area contributed by atoms with Gasteiger partial charge in [0.05, 0.1) is 12.6 Å². The summed E-state index contributed by atoms with van der Waals surface area (Å²) in [6, 6.07) is 9.12. The van der Waals surface area contributed by atoms with E-state index >= 15 is 0 Å². The molecule has 2 atom stereocenters. The number of carbonyl (C=O) groups excluding carboxylic acids is 3. The number of nitrogens with zero attached hydrogens (tertiary/aromatic N) is 2. The lowest BCUT2D eigenvalue weighted by Crippen LogP contribution is -2.47. The topological polar surface area (TPSA) is 181 Å². The first kappa shape index (κ1) is 27.6. The van der Waals surface area contributed by atoms with E-state index in [9.17, 15) is 24.3 Å². The van der Waals surface area contributed by atoms with E-state index in [2.05, 4.69) is 15.0 Å². The van der Waals surface area contributed by atoms with Crippen molar-refractivity contribution in [3.63, 3.8) is 0 Å². The van der Waals surface area contributed by atoms with Crippen LogP contribution in [0.5, 0.6) is 16.7 Å². The van der Waals surface area contributed by atoms with Crippen molar-refractivity contribution in [1.29, 1.82) is 0 Å². The Hall–Kier alpha value is -4.95. The van der Waals surface area contributed by atoms with Crippen LogP contribution in [0.4, 0.5) is 4.79 Å². The molecule has 212 valence electrons. The molecule has 0 radical (unpaired) electrons. The molecule has 4 aromatic rings. The van der Waals surface area contributed by atoms with E-state index in [-0.39, 0.29) is 17.3 Å². The Kier molecular flexibility index (Phi) is 7.85. The second kappa shape index (κ2) is 11.7. The van der Waals surface area contributed by atoms with E-state index < -0.39 is 36.0 Å². The largest absolute Gasteiger partial charge is 0.486 e. The van der Waals surface area contributed by atoms with Crippen molar-refractivity contribution < 1.29 is 43.2 Å². The highest BCUT2D eigenvalue weighted by molar-refractivity contribution is 7.11. The Bertz CT molecular complexity index is 1650. The molecule has 0 fully saturated rings. The van der Waals surface area contributed by atoms with Crippen LogP contribution in [0.25, 0.3) is 10.9 Å². The van der Waals surface area contributed by atoms with Gasteiger partial charge in [-0.15, -0.1) is 0 Å². The third-order valence-corrected chi connectivity index (χ3v) is 7.02. The maximum absolute atomic E-state index is 13.3.